The fourth-order valence-corrected chi connectivity index (χ4v) is 10.9. The van der Waals surface area contributed by atoms with Gasteiger partial charge < -0.3 is 54.7 Å². The summed E-state index contributed by atoms with van der Waals surface area (Å²) >= 11 is 14.6. The van der Waals surface area contributed by atoms with Gasteiger partial charge in [-0.2, -0.15) is 27.0 Å². The molecule has 2 aliphatic heterocycles. The maximum atomic E-state index is 13.9. The maximum absolute atomic E-state index is 13.9. The smallest absolute Gasteiger partial charge is 0.413 e. The Bertz CT molecular complexity index is 3250. The first kappa shape index (κ1) is 70.8. The van der Waals surface area contributed by atoms with Crippen LogP contribution in [0.3, 0.4) is 0 Å². The number of likely N-dealkylation sites (N-methyl/N-ethyl adjacent to an activating group) is 2. The zero-order chi connectivity index (χ0) is 61.2. The summed E-state index contributed by atoms with van der Waals surface area (Å²) in [4.78, 5) is 106. The topological polar surface area (TPSA) is 249 Å². The molecule has 4 heterocycles. The number of anilines is 2. The number of halogens is 4. The van der Waals surface area contributed by atoms with E-state index in [0.29, 0.717) is 60.7 Å². The van der Waals surface area contributed by atoms with Gasteiger partial charge in [0.2, 0.25) is 11.8 Å². The van der Waals surface area contributed by atoms with Crippen molar-refractivity contribution in [2.75, 3.05) is 90.3 Å². The van der Waals surface area contributed by atoms with Crippen LogP contribution in [0.4, 0.5) is 43.0 Å². The normalized spacial score (nSPS) is 13.7. The molecule has 2 saturated heterocycles. The van der Waals surface area contributed by atoms with Gasteiger partial charge in [-0.15, -0.1) is 0 Å². The summed E-state index contributed by atoms with van der Waals surface area (Å²) in [6, 6.07) is 21.3. The lowest BCUT2D eigenvalue weighted by atomic mass is 10.1. The van der Waals surface area contributed by atoms with Crippen molar-refractivity contribution in [1.29, 1.82) is 0 Å². The molecular formula is C57H72Cl2F2N12O10S4. The summed E-state index contributed by atoms with van der Waals surface area (Å²) < 4.78 is 45.8. The van der Waals surface area contributed by atoms with Crippen molar-refractivity contribution in [3.8, 4) is 0 Å². The van der Waals surface area contributed by atoms with E-state index in [4.69, 9.17) is 37.4 Å². The molecule has 8 rings (SSSR count). The number of aromatic nitrogens is 2. The van der Waals surface area contributed by atoms with Gasteiger partial charge in [-0.25, -0.2) is 42.7 Å². The third-order valence-electron chi connectivity index (χ3n) is 13.6. The van der Waals surface area contributed by atoms with Gasteiger partial charge in [0.25, 0.3) is 0 Å². The second kappa shape index (κ2) is 34.0. The molecule has 87 heavy (non-hydrogen) atoms. The molecule has 22 nitrogen and oxygen atoms in total. The molecular weight excluding hydrogens is 1250 g/mol. The maximum Gasteiger partial charge on any atom is 0.413 e. The molecule has 0 spiro atoms. The minimum Gasteiger partial charge on any atom is -0.447 e. The number of hydrogen-bond donors (Lipinski definition) is 5. The van der Waals surface area contributed by atoms with Gasteiger partial charge in [0.05, 0.1) is 42.6 Å². The Balaban J connectivity index is 0.000000314. The number of carbonyl (C=O) groups excluding carboxylic acids is 7. The monoisotopic (exact) mass is 1320 g/mol. The van der Waals surface area contributed by atoms with Crippen LogP contribution in [-0.4, -0.2) is 174 Å². The molecule has 6 aromatic rings. The predicted molar refractivity (Wildman–Crippen MR) is 343 cm³/mol. The molecule has 5 N–H and O–H groups in total. The second-order valence-corrected chi connectivity index (χ2v) is 23.6. The lowest BCUT2D eigenvalue weighted by Gasteiger charge is -2.36. The van der Waals surface area contributed by atoms with E-state index in [1.54, 1.807) is 54.7 Å². The van der Waals surface area contributed by atoms with E-state index in [1.807, 2.05) is 48.5 Å². The van der Waals surface area contributed by atoms with Crippen LogP contribution < -0.4 is 26.6 Å². The molecule has 0 saturated carbocycles. The number of thiazole rings is 2. The highest BCUT2D eigenvalue weighted by atomic mass is 35.5. The number of urea groups is 2. The summed E-state index contributed by atoms with van der Waals surface area (Å²) in [7, 11) is 3.07. The minimum absolute atomic E-state index is 0. The standard InChI is InChI=1S/C31H38ClFN6O6S.C26H30ClFN6O4S.2H2S/c1-31(2,3)45-30(43)39-16-14-38(15-17-39)25(40)13-12-21(37(4)28(41)34-18-20-8-7-9-22(33)26(20)32)19-44-29(42)36-27-35-23-10-5-6-11-24(23)46-27;1-33(25(36)30-15-17-5-4-6-19(28)23(17)27)18(9-10-22(35)34-13-11-29-12-14-34)16-38-26(37)32-24-31-20-7-2-3-8-21(20)39-24;;/h5-11,21H,12-19H2,1-4H3,(H,34,41)(H,35,36,42);2-8,18,29H,9-16H2,1H3,(H,30,36)(H,31,32,37);2*1H2/t21-;18-;;/m00../s1. The Labute approximate surface area is 534 Å². The Morgan fingerprint density at radius 1 is 0.609 bits per heavy atom. The first-order chi connectivity index (χ1) is 40.6. The van der Waals surface area contributed by atoms with Crippen molar-refractivity contribution < 1.29 is 56.6 Å². The number of piperazine rings is 2. The Kier molecular flexibility index (Phi) is 27.7. The van der Waals surface area contributed by atoms with E-state index in [1.165, 1.54) is 63.8 Å². The highest BCUT2D eigenvalue weighted by Crippen LogP contribution is 2.28. The van der Waals surface area contributed by atoms with Crippen LogP contribution in [0.5, 0.6) is 0 Å². The zero-order valence-corrected chi connectivity index (χ0v) is 53.7. The van der Waals surface area contributed by atoms with Crippen molar-refractivity contribution in [2.45, 2.75) is 77.2 Å². The van der Waals surface area contributed by atoms with Crippen molar-refractivity contribution in [3.63, 3.8) is 0 Å². The zero-order valence-electron chi connectivity index (χ0n) is 48.6. The summed E-state index contributed by atoms with van der Waals surface area (Å²) in [6.45, 7) is 9.07. The van der Waals surface area contributed by atoms with Crippen LogP contribution in [0.25, 0.3) is 20.4 Å². The van der Waals surface area contributed by atoms with E-state index in [0.717, 1.165) is 33.5 Å². The molecule has 472 valence electrons. The average molecular weight is 1320 g/mol. The first-order valence-electron chi connectivity index (χ1n) is 27.3. The van der Waals surface area contributed by atoms with Crippen molar-refractivity contribution in [2.24, 2.45) is 0 Å². The number of carbonyl (C=O) groups is 7. The van der Waals surface area contributed by atoms with Gasteiger partial charge in [-0.05, 0) is 81.1 Å². The summed E-state index contributed by atoms with van der Waals surface area (Å²) in [6.07, 6.45) is -1.19. The Morgan fingerprint density at radius 2 is 1.01 bits per heavy atom. The van der Waals surface area contributed by atoms with Gasteiger partial charge in [0.15, 0.2) is 10.3 Å². The third kappa shape index (κ3) is 21.4. The van der Waals surface area contributed by atoms with E-state index < -0.39 is 59.7 Å². The number of benzene rings is 4. The number of amides is 9. The van der Waals surface area contributed by atoms with Gasteiger partial charge in [0, 0.05) is 92.4 Å². The largest absolute Gasteiger partial charge is 0.447 e. The van der Waals surface area contributed by atoms with E-state index in [-0.39, 0.29) is 101 Å². The highest BCUT2D eigenvalue weighted by molar-refractivity contribution is 7.59. The molecule has 2 atom stereocenters. The van der Waals surface area contributed by atoms with Crippen LogP contribution in [-0.2, 0) is 36.9 Å². The number of nitrogens with zero attached hydrogens (tertiary/aromatic N) is 7. The number of rotatable bonds is 18. The van der Waals surface area contributed by atoms with Gasteiger partial charge in [0.1, 0.15) is 30.4 Å². The Morgan fingerprint density at radius 3 is 1.43 bits per heavy atom. The molecule has 4 aromatic carbocycles. The summed E-state index contributed by atoms with van der Waals surface area (Å²) in [5.74, 6) is -1.36. The number of nitrogens with one attached hydrogen (secondary N) is 5. The number of ether oxygens (including phenoxy) is 3. The van der Waals surface area contributed by atoms with Crippen molar-refractivity contribution in [1.82, 2.24) is 50.4 Å². The van der Waals surface area contributed by atoms with Crippen LogP contribution in [0.1, 0.15) is 57.6 Å². The summed E-state index contributed by atoms with van der Waals surface area (Å²) in [5.41, 5.74) is 1.70. The number of para-hydroxylation sites is 2. The Hall–Kier alpha value is -6.95. The third-order valence-corrected chi connectivity index (χ3v) is 16.4. The van der Waals surface area contributed by atoms with E-state index in [2.05, 4.69) is 36.6 Å². The molecule has 0 bridgehead atoms. The minimum atomic E-state index is -0.756. The molecule has 2 aliphatic rings. The van der Waals surface area contributed by atoms with Crippen LogP contribution >= 0.6 is 72.9 Å². The molecule has 2 aromatic heterocycles. The van der Waals surface area contributed by atoms with Crippen LogP contribution in [0.2, 0.25) is 10.0 Å². The predicted octanol–water partition coefficient (Wildman–Crippen LogP) is 9.99. The lowest BCUT2D eigenvalue weighted by molar-refractivity contribution is -0.133. The van der Waals surface area contributed by atoms with Crippen LogP contribution in [0.15, 0.2) is 84.9 Å². The van der Waals surface area contributed by atoms with E-state index in [9.17, 15) is 42.3 Å². The number of hydrogen-bond acceptors (Lipinski definition) is 15. The molecule has 0 unspecified atom stereocenters. The molecule has 0 aliphatic carbocycles. The van der Waals surface area contributed by atoms with Gasteiger partial charge in [-0.3, -0.25) is 20.2 Å². The lowest BCUT2D eigenvalue weighted by Crippen LogP contribution is -2.52. The highest BCUT2D eigenvalue weighted by Gasteiger charge is 2.30. The molecule has 2 fully saturated rings. The van der Waals surface area contributed by atoms with E-state index >= 15 is 0 Å². The average Bonchev–Trinajstić information content (AvgIpc) is 4.37. The second-order valence-electron chi connectivity index (χ2n) is 20.7. The quantitative estimate of drug-likeness (QED) is 0.0503. The molecule has 30 heteroatoms. The van der Waals surface area contributed by atoms with Crippen molar-refractivity contribution >= 4 is 146 Å². The molecule has 9 amide bonds. The molecule has 0 radical (unpaired) electrons. The van der Waals surface area contributed by atoms with Crippen LogP contribution in [0, 0.1) is 11.6 Å². The fraction of sp³-hybridized carbons (Fsp3) is 0.421. The first-order valence-corrected chi connectivity index (χ1v) is 29.7. The fourth-order valence-electron chi connectivity index (χ4n) is 8.79. The van der Waals surface area contributed by atoms with Gasteiger partial charge >= 0.3 is 30.3 Å². The van der Waals surface area contributed by atoms with Gasteiger partial charge in [-0.1, -0.05) is 94.4 Å². The SMILES string of the molecule is CN(C(=O)NCc1cccc(F)c1Cl)[C@@H](CCC(=O)N1CCN(C(=O)OC(C)(C)C)CC1)COC(=O)Nc1nc2ccccc2s1.CN(C(=O)NCc1cccc(F)c1Cl)[C@@H](CCC(=O)N1CCNCC1)COC(=O)Nc1nc2ccccc2s1.S.S. The summed E-state index contributed by atoms with van der Waals surface area (Å²) in [5, 5.41) is 14.5. The van der Waals surface area contributed by atoms with Crippen molar-refractivity contribution in [3.05, 3.63) is 118 Å². The number of fused-ring (bicyclic) bond motifs is 2.